The normalized spacial score (nSPS) is 23.6. The molecule has 0 radical (unpaired) electrons. The smallest absolute Gasteiger partial charge is 0.238 e. The Bertz CT molecular complexity index is 486. The maximum absolute atomic E-state index is 13.0. The van der Waals surface area contributed by atoms with Crippen molar-refractivity contribution in [2.45, 2.75) is 26.1 Å². The van der Waals surface area contributed by atoms with Gasteiger partial charge in [-0.15, -0.1) is 0 Å². The molecule has 1 aromatic carbocycles. The molecule has 1 aliphatic rings. The maximum atomic E-state index is 13.0. The van der Waals surface area contributed by atoms with Gasteiger partial charge in [0.2, 0.25) is 5.91 Å². The average molecular weight is 284 g/mol. The minimum absolute atomic E-state index is 0.0785. The van der Waals surface area contributed by atoms with Crippen LogP contribution in [0.5, 0.6) is 0 Å². The summed E-state index contributed by atoms with van der Waals surface area (Å²) in [5, 5.41) is 2.56. The van der Waals surface area contributed by atoms with Gasteiger partial charge in [0.05, 0.1) is 18.8 Å². The standard InChI is InChI=1S/C14H18F2N2O2/c1-9-6-18(7-10(2)20-9)8-14(19)17-11-3-4-12(15)13(16)5-11/h3-5,9-10H,6-8H2,1-2H3,(H,17,19)/t9-,10-/m1/s1. The predicted molar refractivity (Wildman–Crippen MR) is 71.4 cm³/mol. The predicted octanol–water partition coefficient (Wildman–Crippen LogP) is 2.01. The molecule has 1 amide bonds. The Hall–Kier alpha value is -1.53. The number of halogens is 2. The zero-order valence-electron chi connectivity index (χ0n) is 11.5. The van der Waals surface area contributed by atoms with Crippen LogP contribution in [-0.2, 0) is 9.53 Å². The SMILES string of the molecule is C[C@@H]1CN(CC(=O)Nc2ccc(F)c(F)c2)C[C@@H](C)O1. The number of ether oxygens (including phenoxy) is 1. The van der Waals surface area contributed by atoms with Crippen molar-refractivity contribution in [3.8, 4) is 0 Å². The third-order valence-corrected chi connectivity index (χ3v) is 3.07. The maximum Gasteiger partial charge on any atom is 0.238 e. The molecule has 110 valence electrons. The van der Waals surface area contributed by atoms with Gasteiger partial charge in [0.1, 0.15) is 0 Å². The van der Waals surface area contributed by atoms with Gasteiger partial charge in [-0.2, -0.15) is 0 Å². The van der Waals surface area contributed by atoms with E-state index in [9.17, 15) is 13.6 Å². The minimum Gasteiger partial charge on any atom is -0.373 e. The molecule has 0 spiro atoms. The summed E-state index contributed by atoms with van der Waals surface area (Å²) in [5.41, 5.74) is 0.253. The van der Waals surface area contributed by atoms with E-state index in [1.165, 1.54) is 6.07 Å². The van der Waals surface area contributed by atoms with E-state index in [4.69, 9.17) is 4.74 Å². The van der Waals surface area contributed by atoms with Crippen LogP contribution in [0.1, 0.15) is 13.8 Å². The van der Waals surface area contributed by atoms with Crippen LogP contribution in [0, 0.1) is 11.6 Å². The quantitative estimate of drug-likeness (QED) is 0.923. The zero-order chi connectivity index (χ0) is 14.7. The monoisotopic (exact) mass is 284 g/mol. The number of rotatable bonds is 3. The molecule has 0 bridgehead atoms. The molecule has 0 saturated carbocycles. The summed E-state index contributed by atoms with van der Waals surface area (Å²) in [6.07, 6.45) is 0.157. The van der Waals surface area contributed by atoms with Crippen LogP contribution in [0.15, 0.2) is 18.2 Å². The zero-order valence-corrected chi connectivity index (χ0v) is 11.5. The number of hydrogen-bond donors (Lipinski definition) is 1. The number of anilines is 1. The van der Waals surface area contributed by atoms with E-state index < -0.39 is 11.6 Å². The van der Waals surface area contributed by atoms with Crippen molar-refractivity contribution in [2.75, 3.05) is 25.0 Å². The summed E-state index contributed by atoms with van der Waals surface area (Å²) in [4.78, 5) is 13.9. The highest BCUT2D eigenvalue weighted by molar-refractivity contribution is 5.92. The van der Waals surface area contributed by atoms with E-state index in [1.807, 2.05) is 18.7 Å². The molecule has 1 fully saturated rings. The molecule has 1 aromatic rings. The molecule has 4 nitrogen and oxygen atoms in total. The van der Waals surface area contributed by atoms with Gasteiger partial charge in [-0.25, -0.2) is 8.78 Å². The summed E-state index contributed by atoms with van der Waals surface area (Å²) in [6.45, 7) is 5.47. The number of nitrogens with one attached hydrogen (secondary N) is 1. The van der Waals surface area contributed by atoms with E-state index in [1.54, 1.807) is 0 Å². The van der Waals surface area contributed by atoms with Gasteiger partial charge in [0, 0.05) is 24.8 Å². The first-order chi connectivity index (χ1) is 9.44. The van der Waals surface area contributed by atoms with Crippen LogP contribution in [0.25, 0.3) is 0 Å². The Kier molecular flexibility index (Phi) is 4.67. The molecule has 1 saturated heterocycles. The number of benzene rings is 1. The van der Waals surface area contributed by atoms with E-state index in [0.29, 0.717) is 13.1 Å². The number of hydrogen-bond acceptors (Lipinski definition) is 3. The molecule has 0 aromatic heterocycles. The first-order valence-corrected chi connectivity index (χ1v) is 6.56. The minimum atomic E-state index is -0.976. The summed E-state index contributed by atoms with van der Waals surface area (Å²) >= 11 is 0. The lowest BCUT2D eigenvalue weighted by Crippen LogP contribution is -2.48. The molecule has 1 heterocycles. The molecule has 0 aliphatic carbocycles. The Morgan fingerprint density at radius 1 is 1.30 bits per heavy atom. The second-order valence-corrected chi connectivity index (χ2v) is 5.13. The van der Waals surface area contributed by atoms with Gasteiger partial charge in [-0.1, -0.05) is 0 Å². The van der Waals surface area contributed by atoms with Gasteiger partial charge in [-0.3, -0.25) is 9.69 Å². The highest BCUT2D eigenvalue weighted by Gasteiger charge is 2.23. The fourth-order valence-electron chi connectivity index (χ4n) is 2.39. The van der Waals surface area contributed by atoms with Crippen molar-refractivity contribution in [1.82, 2.24) is 4.90 Å². The molecule has 6 heteroatoms. The van der Waals surface area contributed by atoms with Crippen LogP contribution in [0.4, 0.5) is 14.5 Å². The van der Waals surface area contributed by atoms with E-state index >= 15 is 0 Å². The Balaban J connectivity index is 1.90. The Morgan fingerprint density at radius 3 is 2.55 bits per heavy atom. The topological polar surface area (TPSA) is 41.6 Å². The van der Waals surface area contributed by atoms with E-state index in [0.717, 1.165) is 12.1 Å². The number of morpholine rings is 1. The van der Waals surface area contributed by atoms with E-state index in [2.05, 4.69) is 5.32 Å². The van der Waals surface area contributed by atoms with Crippen molar-refractivity contribution in [3.63, 3.8) is 0 Å². The van der Waals surface area contributed by atoms with Gasteiger partial charge in [0.15, 0.2) is 11.6 Å². The summed E-state index contributed by atoms with van der Waals surface area (Å²) in [7, 11) is 0. The van der Waals surface area contributed by atoms with Crippen LogP contribution >= 0.6 is 0 Å². The second-order valence-electron chi connectivity index (χ2n) is 5.13. The lowest BCUT2D eigenvalue weighted by atomic mass is 10.2. The van der Waals surface area contributed by atoms with Gasteiger partial charge < -0.3 is 10.1 Å². The fraction of sp³-hybridized carbons (Fsp3) is 0.500. The van der Waals surface area contributed by atoms with Crippen LogP contribution in [0.2, 0.25) is 0 Å². The van der Waals surface area contributed by atoms with Crippen molar-refractivity contribution < 1.29 is 18.3 Å². The van der Waals surface area contributed by atoms with Crippen LogP contribution in [-0.4, -0.2) is 42.6 Å². The van der Waals surface area contributed by atoms with Gasteiger partial charge in [-0.05, 0) is 26.0 Å². The number of amides is 1. The summed E-state index contributed by atoms with van der Waals surface area (Å²) in [6, 6.07) is 3.29. The first kappa shape index (κ1) is 14.9. The largest absolute Gasteiger partial charge is 0.373 e. The number of carbonyl (C=O) groups excluding carboxylic acids is 1. The summed E-state index contributed by atoms with van der Waals surface area (Å²) < 4.78 is 31.4. The van der Waals surface area contributed by atoms with Gasteiger partial charge >= 0.3 is 0 Å². The average Bonchev–Trinajstić information content (AvgIpc) is 2.32. The lowest BCUT2D eigenvalue weighted by molar-refractivity contribution is -0.121. The number of carbonyl (C=O) groups is 1. The second kappa shape index (κ2) is 6.28. The van der Waals surface area contributed by atoms with E-state index in [-0.39, 0.29) is 30.3 Å². The molecular weight excluding hydrogens is 266 g/mol. The third-order valence-electron chi connectivity index (χ3n) is 3.07. The molecule has 1 aliphatic heterocycles. The highest BCUT2D eigenvalue weighted by Crippen LogP contribution is 2.14. The Labute approximate surface area is 116 Å². The van der Waals surface area contributed by atoms with Crippen molar-refractivity contribution >= 4 is 11.6 Å². The molecular formula is C14H18F2N2O2. The molecule has 20 heavy (non-hydrogen) atoms. The Morgan fingerprint density at radius 2 is 1.95 bits per heavy atom. The summed E-state index contributed by atoms with van der Waals surface area (Å²) in [5.74, 6) is -2.16. The van der Waals surface area contributed by atoms with Crippen LogP contribution in [0.3, 0.4) is 0 Å². The van der Waals surface area contributed by atoms with Gasteiger partial charge in [0.25, 0.3) is 0 Å². The fourth-order valence-corrected chi connectivity index (χ4v) is 2.39. The molecule has 2 rings (SSSR count). The van der Waals surface area contributed by atoms with Crippen LogP contribution < -0.4 is 5.32 Å². The molecule has 1 N–H and O–H groups in total. The number of nitrogens with zero attached hydrogens (tertiary/aromatic N) is 1. The third kappa shape index (κ3) is 3.98. The van der Waals surface area contributed by atoms with Crippen molar-refractivity contribution in [2.24, 2.45) is 0 Å². The highest BCUT2D eigenvalue weighted by atomic mass is 19.2. The van der Waals surface area contributed by atoms with Crippen molar-refractivity contribution in [3.05, 3.63) is 29.8 Å². The molecule has 2 atom stereocenters. The lowest BCUT2D eigenvalue weighted by Gasteiger charge is -2.34. The first-order valence-electron chi connectivity index (χ1n) is 6.56. The molecule has 0 unspecified atom stereocenters. The van der Waals surface area contributed by atoms with Crippen molar-refractivity contribution in [1.29, 1.82) is 0 Å².